The maximum atomic E-state index is 6.20. The van der Waals surface area contributed by atoms with Crippen LogP contribution in [0.1, 0.15) is 62.7 Å². The Balaban J connectivity index is 1.82. The van der Waals surface area contributed by atoms with Gasteiger partial charge >= 0.3 is 0 Å². The van der Waals surface area contributed by atoms with E-state index in [0.717, 1.165) is 19.4 Å². The Morgan fingerprint density at radius 3 is 2.95 bits per heavy atom. The van der Waals surface area contributed by atoms with E-state index in [2.05, 4.69) is 31.4 Å². The minimum absolute atomic E-state index is 0.180. The molecule has 1 aromatic rings. The molecule has 2 atom stereocenters. The number of aryl methyl sites for hydroxylation is 1. The average Bonchev–Trinajstić information content (AvgIpc) is 2.96. The molecule has 116 valence electrons. The Hall–Kier alpha value is -0.930. The highest BCUT2D eigenvalue weighted by Gasteiger charge is 2.42. The maximum absolute atomic E-state index is 6.20. The third-order valence-corrected chi connectivity index (χ3v) is 5.43. The highest BCUT2D eigenvalue weighted by atomic mass is 16.5. The molecule has 1 aliphatic heterocycles. The highest BCUT2D eigenvalue weighted by molar-refractivity contribution is 5.24. The predicted octanol–water partition coefficient (Wildman–Crippen LogP) is 3.64. The number of nitrogens with zero attached hydrogens (tertiary/aromatic N) is 1. The van der Waals surface area contributed by atoms with Gasteiger partial charge in [-0.2, -0.15) is 0 Å². The third kappa shape index (κ3) is 3.00. The van der Waals surface area contributed by atoms with Crippen LogP contribution in [0.5, 0.6) is 0 Å². The van der Waals surface area contributed by atoms with E-state index in [0.29, 0.717) is 12.0 Å². The minimum atomic E-state index is 0.180. The minimum Gasteiger partial charge on any atom is -0.375 e. The lowest BCUT2D eigenvalue weighted by atomic mass is 9.79. The summed E-state index contributed by atoms with van der Waals surface area (Å²) in [7, 11) is 2.08. The van der Waals surface area contributed by atoms with Crippen molar-refractivity contribution in [3.63, 3.8) is 0 Å². The quantitative estimate of drug-likeness (QED) is 0.918. The molecule has 1 aliphatic carbocycles. The molecule has 0 radical (unpaired) electrons. The molecule has 3 nitrogen and oxygen atoms in total. The monoisotopic (exact) mass is 288 g/mol. The first-order valence-corrected chi connectivity index (χ1v) is 8.53. The number of hydrogen-bond acceptors (Lipinski definition) is 3. The van der Waals surface area contributed by atoms with Crippen LogP contribution in [-0.4, -0.2) is 24.2 Å². The second-order valence-electron chi connectivity index (χ2n) is 6.66. The lowest BCUT2D eigenvalue weighted by Gasteiger charge is -2.41. The van der Waals surface area contributed by atoms with Crippen molar-refractivity contribution in [2.24, 2.45) is 5.92 Å². The Labute approximate surface area is 128 Å². The van der Waals surface area contributed by atoms with E-state index in [1.54, 1.807) is 0 Å². The SMILES string of the molecule is CCc1cccnc1C(NC)C1CCOC2(CCCC2)C1. The van der Waals surface area contributed by atoms with Gasteiger partial charge in [0.2, 0.25) is 0 Å². The standard InChI is InChI=1S/C18H28N2O/c1-3-14-7-6-11-20-17(14)16(19-2)15-8-12-21-18(13-15)9-4-5-10-18/h6-7,11,15-16,19H,3-5,8-10,12-13H2,1-2H3. The molecule has 2 heterocycles. The summed E-state index contributed by atoms with van der Waals surface area (Å²) in [6.45, 7) is 3.13. The van der Waals surface area contributed by atoms with Crippen LogP contribution in [-0.2, 0) is 11.2 Å². The summed E-state index contributed by atoms with van der Waals surface area (Å²) in [6.07, 6.45) is 10.5. The van der Waals surface area contributed by atoms with Crippen LogP contribution < -0.4 is 5.32 Å². The molecular weight excluding hydrogens is 260 g/mol. The summed E-state index contributed by atoms with van der Waals surface area (Å²) >= 11 is 0. The maximum Gasteiger partial charge on any atom is 0.0686 e. The lowest BCUT2D eigenvalue weighted by Crippen LogP contribution is -2.41. The van der Waals surface area contributed by atoms with Gasteiger partial charge in [0, 0.05) is 12.8 Å². The molecule has 1 saturated heterocycles. The summed E-state index contributed by atoms with van der Waals surface area (Å²) in [5.41, 5.74) is 2.81. The third-order valence-electron chi connectivity index (χ3n) is 5.43. The zero-order valence-electron chi connectivity index (χ0n) is 13.4. The molecule has 3 heteroatoms. The van der Waals surface area contributed by atoms with Crippen molar-refractivity contribution in [1.82, 2.24) is 10.3 Å². The molecule has 1 N–H and O–H groups in total. The summed E-state index contributed by atoms with van der Waals surface area (Å²) < 4.78 is 6.20. The number of aromatic nitrogens is 1. The van der Waals surface area contributed by atoms with Crippen LogP contribution in [0.2, 0.25) is 0 Å². The molecule has 21 heavy (non-hydrogen) atoms. The summed E-state index contributed by atoms with van der Waals surface area (Å²) in [5, 5.41) is 3.55. The molecular formula is C18H28N2O. The zero-order valence-corrected chi connectivity index (χ0v) is 13.4. The first-order chi connectivity index (χ1) is 10.3. The summed E-state index contributed by atoms with van der Waals surface area (Å²) in [5.74, 6) is 0.641. The van der Waals surface area contributed by atoms with Gasteiger partial charge in [0.1, 0.15) is 0 Å². The smallest absolute Gasteiger partial charge is 0.0686 e. The molecule has 1 aromatic heterocycles. The van der Waals surface area contributed by atoms with E-state index in [-0.39, 0.29) is 5.60 Å². The van der Waals surface area contributed by atoms with Crippen molar-refractivity contribution in [3.05, 3.63) is 29.6 Å². The van der Waals surface area contributed by atoms with Gasteiger partial charge in [-0.05, 0) is 56.7 Å². The van der Waals surface area contributed by atoms with Gasteiger partial charge in [0.05, 0.1) is 17.3 Å². The van der Waals surface area contributed by atoms with Crippen molar-refractivity contribution in [3.8, 4) is 0 Å². The van der Waals surface area contributed by atoms with Gasteiger partial charge in [-0.15, -0.1) is 0 Å². The molecule has 1 spiro atoms. The molecule has 0 amide bonds. The first kappa shape index (κ1) is 15.0. The van der Waals surface area contributed by atoms with Gasteiger partial charge < -0.3 is 10.1 Å². The van der Waals surface area contributed by atoms with Crippen molar-refractivity contribution in [1.29, 1.82) is 0 Å². The first-order valence-electron chi connectivity index (χ1n) is 8.53. The Bertz CT molecular complexity index is 468. The van der Waals surface area contributed by atoms with Gasteiger partial charge in [-0.1, -0.05) is 25.8 Å². The van der Waals surface area contributed by atoms with Gasteiger partial charge in [0.25, 0.3) is 0 Å². The predicted molar refractivity (Wildman–Crippen MR) is 85.3 cm³/mol. The average molecular weight is 288 g/mol. The summed E-state index contributed by atoms with van der Waals surface area (Å²) in [6, 6.07) is 4.64. The molecule has 2 fully saturated rings. The van der Waals surface area contributed by atoms with Crippen molar-refractivity contribution < 1.29 is 4.74 Å². The Morgan fingerprint density at radius 2 is 2.24 bits per heavy atom. The molecule has 0 bridgehead atoms. The number of pyridine rings is 1. The van der Waals surface area contributed by atoms with Crippen LogP contribution in [0.25, 0.3) is 0 Å². The zero-order chi connectivity index (χ0) is 14.7. The summed E-state index contributed by atoms with van der Waals surface area (Å²) in [4.78, 5) is 4.71. The van der Waals surface area contributed by atoms with Crippen LogP contribution in [0.3, 0.4) is 0 Å². The lowest BCUT2D eigenvalue weighted by molar-refractivity contribution is -0.0981. The fourth-order valence-corrected chi connectivity index (χ4v) is 4.34. The van der Waals surface area contributed by atoms with Gasteiger partial charge in [-0.25, -0.2) is 0 Å². The van der Waals surface area contributed by atoms with Crippen molar-refractivity contribution in [2.45, 2.75) is 63.5 Å². The molecule has 3 rings (SSSR count). The normalized spacial score (nSPS) is 26.1. The number of ether oxygens (including phenoxy) is 1. The fourth-order valence-electron chi connectivity index (χ4n) is 4.34. The molecule has 2 aliphatic rings. The van der Waals surface area contributed by atoms with Crippen molar-refractivity contribution in [2.75, 3.05) is 13.7 Å². The second-order valence-corrected chi connectivity index (χ2v) is 6.66. The van der Waals surface area contributed by atoms with Crippen molar-refractivity contribution >= 4 is 0 Å². The molecule has 2 unspecified atom stereocenters. The highest BCUT2D eigenvalue weighted by Crippen LogP contribution is 2.45. The molecule has 1 saturated carbocycles. The van der Waals surface area contributed by atoms with E-state index in [4.69, 9.17) is 9.72 Å². The Morgan fingerprint density at radius 1 is 1.43 bits per heavy atom. The van der Waals surface area contributed by atoms with Crippen LogP contribution in [0.15, 0.2) is 18.3 Å². The number of hydrogen-bond donors (Lipinski definition) is 1. The second kappa shape index (κ2) is 6.45. The fraction of sp³-hybridized carbons (Fsp3) is 0.722. The number of rotatable bonds is 4. The Kier molecular flexibility index (Phi) is 4.60. The van der Waals surface area contributed by atoms with E-state index in [1.807, 2.05) is 6.20 Å². The largest absolute Gasteiger partial charge is 0.375 e. The van der Waals surface area contributed by atoms with E-state index < -0.39 is 0 Å². The van der Waals surface area contributed by atoms with Crippen LogP contribution >= 0.6 is 0 Å². The van der Waals surface area contributed by atoms with E-state index in [1.165, 1.54) is 43.4 Å². The van der Waals surface area contributed by atoms with Crippen LogP contribution in [0, 0.1) is 5.92 Å². The van der Waals surface area contributed by atoms with E-state index >= 15 is 0 Å². The van der Waals surface area contributed by atoms with Gasteiger partial charge in [0.15, 0.2) is 0 Å². The van der Waals surface area contributed by atoms with Crippen LogP contribution in [0.4, 0.5) is 0 Å². The topological polar surface area (TPSA) is 34.2 Å². The number of nitrogens with one attached hydrogen (secondary N) is 1. The van der Waals surface area contributed by atoms with Gasteiger partial charge in [-0.3, -0.25) is 4.98 Å². The molecule has 0 aromatic carbocycles. The van der Waals surface area contributed by atoms with E-state index in [9.17, 15) is 0 Å².